The van der Waals surface area contributed by atoms with Gasteiger partial charge in [0.1, 0.15) is 6.61 Å². The van der Waals surface area contributed by atoms with Crippen molar-refractivity contribution in [3.05, 3.63) is 117 Å². The number of benzene rings is 3. The first-order valence-corrected chi connectivity index (χ1v) is 11.3. The SMILES string of the molecule is CC1=C(C(=O)OCc2ccccc2)C(c2ccccc2Cl)NC(=O)N1Cc1ccc(C(=O)O)cc1. The number of nitrogens with zero attached hydrogens (tertiary/aromatic N) is 1. The van der Waals surface area contributed by atoms with Gasteiger partial charge >= 0.3 is 18.0 Å². The maximum atomic E-state index is 13.3. The van der Waals surface area contributed by atoms with E-state index in [1.54, 1.807) is 43.3 Å². The van der Waals surface area contributed by atoms with Gasteiger partial charge in [0.25, 0.3) is 0 Å². The average Bonchev–Trinajstić information content (AvgIpc) is 2.86. The van der Waals surface area contributed by atoms with Crippen molar-refractivity contribution >= 4 is 29.6 Å². The second kappa shape index (κ2) is 10.4. The highest BCUT2D eigenvalue weighted by atomic mass is 35.5. The van der Waals surface area contributed by atoms with Gasteiger partial charge in [0.2, 0.25) is 0 Å². The smallest absolute Gasteiger partial charge is 0.338 e. The molecule has 0 saturated carbocycles. The number of hydrogen-bond acceptors (Lipinski definition) is 4. The monoisotopic (exact) mass is 490 g/mol. The van der Waals surface area contributed by atoms with E-state index in [0.29, 0.717) is 21.8 Å². The van der Waals surface area contributed by atoms with E-state index in [2.05, 4.69) is 5.32 Å². The van der Waals surface area contributed by atoms with Gasteiger partial charge < -0.3 is 15.2 Å². The normalized spacial score (nSPS) is 15.5. The lowest BCUT2D eigenvalue weighted by Crippen LogP contribution is -2.47. The van der Waals surface area contributed by atoms with Crippen molar-refractivity contribution in [3.8, 4) is 0 Å². The molecule has 4 rings (SSSR count). The van der Waals surface area contributed by atoms with Crippen LogP contribution in [0.3, 0.4) is 0 Å². The molecule has 1 heterocycles. The molecule has 0 aliphatic carbocycles. The highest BCUT2D eigenvalue weighted by Crippen LogP contribution is 2.35. The molecular weight excluding hydrogens is 468 g/mol. The summed E-state index contributed by atoms with van der Waals surface area (Å²) in [5.74, 6) is -1.60. The predicted octanol–water partition coefficient (Wildman–Crippen LogP) is 5.32. The summed E-state index contributed by atoms with van der Waals surface area (Å²) in [6.07, 6.45) is 0. The number of ether oxygens (including phenoxy) is 1. The number of carbonyl (C=O) groups excluding carboxylic acids is 2. The Morgan fingerprint density at radius 2 is 1.63 bits per heavy atom. The molecule has 7 nitrogen and oxygen atoms in total. The van der Waals surface area contributed by atoms with E-state index < -0.39 is 24.0 Å². The van der Waals surface area contributed by atoms with Crippen LogP contribution in [0.2, 0.25) is 5.02 Å². The molecule has 2 amide bonds. The zero-order chi connectivity index (χ0) is 24.9. The Kier molecular flexibility index (Phi) is 7.17. The summed E-state index contributed by atoms with van der Waals surface area (Å²) in [7, 11) is 0. The first-order valence-electron chi connectivity index (χ1n) is 10.9. The predicted molar refractivity (Wildman–Crippen MR) is 131 cm³/mol. The Labute approximate surface area is 207 Å². The van der Waals surface area contributed by atoms with Crippen LogP contribution in [0.25, 0.3) is 0 Å². The van der Waals surface area contributed by atoms with E-state index in [1.165, 1.54) is 17.0 Å². The van der Waals surface area contributed by atoms with Gasteiger partial charge in [-0.2, -0.15) is 0 Å². The maximum absolute atomic E-state index is 13.3. The minimum absolute atomic E-state index is 0.0797. The fourth-order valence-corrected chi connectivity index (χ4v) is 4.16. The fraction of sp³-hybridized carbons (Fsp3) is 0.148. The highest BCUT2D eigenvalue weighted by molar-refractivity contribution is 6.31. The Hall–Kier alpha value is -4.10. The summed E-state index contributed by atoms with van der Waals surface area (Å²) in [6, 6.07) is 21.3. The van der Waals surface area contributed by atoms with Crippen LogP contribution >= 0.6 is 11.6 Å². The first-order chi connectivity index (χ1) is 16.8. The van der Waals surface area contributed by atoms with Crippen molar-refractivity contribution in [2.45, 2.75) is 26.1 Å². The number of carbonyl (C=O) groups is 3. The Bertz CT molecular complexity index is 1290. The van der Waals surface area contributed by atoms with Crippen LogP contribution in [0.15, 0.2) is 90.1 Å². The number of carboxylic acid groups (broad SMARTS) is 1. The molecule has 1 atom stereocenters. The summed E-state index contributed by atoms with van der Waals surface area (Å²) in [5.41, 5.74) is 2.98. The van der Waals surface area contributed by atoms with Crippen molar-refractivity contribution in [2.75, 3.05) is 0 Å². The highest BCUT2D eigenvalue weighted by Gasteiger charge is 2.37. The number of aromatic carboxylic acids is 1. The molecule has 35 heavy (non-hydrogen) atoms. The molecule has 2 N–H and O–H groups in total. The molecule has 0 saturated heterocycles. The van der Waals surface area contributed by atoms with Crippen molar-refractivity contribution < 1.29 is 24.2 Å². The number of rotatable bonds is 7. The zero-order valence-corrected chi connectivity index (χ0v) is 19.7. The maximum Gasteiger partial charge on any atom is 0.338 e. The van der Waals surface area contributed by atoms with Gasteiger partial charge in [-0.25, -0.2) is 14.4 Å². The quantitative estimate of drug-likeness (QED) is 0.437. The van der Waals surface area contributed by atoms with Crippen LogP contribution in [-0.2, 0) is 22.7 Å². The van der Waals surface area contributed by atoms with Crippen molar-refractivity contribution in [1.29, 1.82) is 0 Å². The minimum Gasteiger partial charge on any atom is -0.478 e. The van der Waals surface area contributed by atoms with Gasteiger partial charge in [-0.05, 0) is 41.8 Å². The molecule has 0 spiro atoms. The van der Waals surface area contributed by atoms with E-state index in [4.69, 9.17) is 21.4 Å². The lowest BCUT2D eigenvalue weighted by Gasteiger charge is -2.35. The lowest BCUT2D eigenvalue weighted by atomic mass is 9.94. The van der Waals surface area contributed by atoms with Gasteiger partial charge in [0, 0.05) is 10.7 Å². The van der Waals surface area contributed by atoms with Crippen LogP contribution < -0.4 is 5.32 Å². The van der Waals surface area contributed by atoms with Crippen LogP contribution in [0, 0.1) is 0 Å². The molecule has 1 aliphatic heterocycles. The van der Waals surface area contributed by atoms with Crippen LogP contribution in [-0.4, -0.2) is 28.0 Å². The van der Waals surface area contributed by atoms with E-state index in [0.717, 1.165) is 5.56 Å². The molecule has 8 heteroatoms. The molecule has 0 radical (unpaired) electrons. The minimum atomic E-state index is -1.03. The second-order valence-electron chi connectivity index (χ2n) is 8.05. The van der Waals surface area contributed by atoms with Crippen molar-refractivity contribution in [1.82, 2.24) is 10.2 Å². The summed E-state index contributed by atoms with van der Waals surface area (Å²) in [4.78, 5) is 39.0. The van der Waals surface area contributed by atoms with Gasteiger partial charge in [-0.1, -0.05) is 72.3 Å². The number of urea groups is 1. The third kappa shape index (κ3) is 5.36. The van der Waals surface area contributed by atoms with Gasteiger partial charge in [0.05, 0.1) is 23.7 Å². The summed E-state index contributed by atoms with van der Waals surface area (Å²) < 4.78 is 5.62. The summed E-state index contributed by atoms with van der Waals surface area (Å²) in [6.45, 7) is 1.91. The zero-order valence-electron chi connectivity index (χ0n) is 18.9. The number of hydrogen-bond donors (Lipinski definition) is 2. The second-order valence-corrected chi connectivity index (χ2v) is 8.46. The molecule has 3 aromatic carbocycles. The van der Waals surface area contributed by atoms with E-state index in [9.17, 15) is 14.4 Å². The Morgan fingerprint density at radius 3 is 2.29 bits per heavy atom. The third-order valence-electron chi connectivity index (χ3n) is 5.79. The van der Waals surface area contributed by atoms with Crippen LogP contribution in [0.4, 0.5) is 4.79 Å². The van der Waals surface area contributed by atoms with Gasteiger partial charge in [-0.15, -0.1) is 0 Å². The first kappa shape index (κ1) is 24.0. The molecule has 3 aromatic rings. The molecule has 0 fully saturated rings. The van der Waals surface area contributed by atoms with E-state index in [-0.39, 0.29) is 24.3 Å². The number of esters is 1. The van der Waals surface area contributed by atoms with Gasteiger partial charge in [-0.3, -0.25) is 4.90 Å². The summed E-state index contributed by atoms with van der Waals surface area (Å²) >= 11 is 6.41. The average molecular weight is 491 g/mol. The standard InChI is InChI=1S/C27H23ClN2O5/c1-17-23(26(33)35-16-19-7-3-2-4-8-19)24(21-9-5-6-10-22(21)28)29-27(34)30(17)15-18-11-13-20(14-12-18)25(31)32/h2-14,24H,15-16H2,1H3,(H,29,34)(H,31,32). The van der Waals surface area contributed by atoms with Crippen molar-refractivity contribution in [3.63, 3.8) is 0 Å². The number of carboxylic acids is 1. The molecule has 1 unspecified atom stereocenters. The number of allylic oxidation sites excluding steroid dienone is 1. The van der Waals surface area contributed by atoms with Crippen molar-refractivity contribution in [2.24, 2.45) is 0 Å². The van der Waals surface area contributed by atoms with Crippen LogP contribution in [0.5, 0.6) is 0 Å². The van der Waals surface area contributed by atoms with Crippen LogP contribution in [0.1, 0.15) is 40.0 Å². The Balaban J connectivity index is 1.68. The Morgan fingerprint density at radius 1 is 0.971 bits per heavy atom. The lowest BCUT2D eigenvalue weighted by molar-refractivity contribution is -0.141. The molecule has 1 aliphatic rings. The van der Waals surface area contributed by atoms with E-state index in [1.807, 2.05) is 30.3 Å². The summed E-state index contributed by atoms with van der Waals surface area (Å²) in [5, 5.41) is 12.4. The molecular formula is C27H23ClN2O5. The van der Waals surface area contributed by atoms with E-state index >= 15 is 0 Å². The third-order valence-corrected chi connectivity index (χ3v) is 6.13. The largest absolute Gasteiger partial charge is 0.478 e. The van der Waals surface area contributed by atoms with Gasteiger partial charge in [0.15, 0.2) is 0 Å². The molecule has 0 bridgehead atoms. The number of amides is 2. The molecule has 178 valence electrons. The number of halogens is 1. The fourth-order valence-electron chi connectivity index (χ4n) is 3.91. The number of nitrogens with one attached hydrogen (secondary N) is 1. The molecule has 0 aromatic heterocycles. The topological polar surface area (TPSA) is 95.9 Å².